The molecule has 1 aromatic carbocycles. The van der Waals surface area contributed by atoms with E-state index in [4.69, 9.17) is 9.47 Å². The van der Waals surface area contributed by atoms with Crippen LogP contribution in [-0.4, -0.2) is 33.4 Å². The third kappa shape index (κ3) is 5.03. The molecule has 1 aliphatic rings. The van der Waals surface area contributed by atoms with Gasteiger partial charge in [-0.1, -0.05) is 19.9 Å². The molecule has 0 bridgehead atoms. The Balaban J connectivity index is 2.42. The number of quaternary nitrogens is 1. The first-order valence-electron chi connectivity index (χ1n) is 9.83. The molecule has 1 aromatic rings. The number of benzene rings is 1. The van der Waals surface area contributed by atoms with E-state index in [1.807, 2.05) is 6.08 Å². The molecule has 0 saturated carbocycles. The number of methoxy groups -OCH3 is 2. The van der Waals surface area contributed by atoms with E-state index < -0.39 is 0 Å². The van der Waals surface area contributed by atoms with E-state index in [1.165, 1.54) is 50.9 Å². The molecular formula is C23H34NO2+. The van der Waals surface area contributed by atoms with Crippen LogP contribution in [0.2, 0.25) is 0 Å². The van der Waals surface area contributed by atoms with Crippen molar-refractivity contribution >= 4 is 5.69 Å². The molecule has 3 nitrogen and oxygen atoms in total. The van der Waals surface area contributed by atoms with Crippen molar-refractivity contribution in [3.05, 3.63) is 54.5 Å². The van der Waals surface area contributed by atoms with Crippen molar-refractivity contribution in [3.8, 4) is 5.75 Å². The van der Waals surface area contributed by atoms with Crippen molar-refractivity contribution in [2.45, 2.75) is 51.5 Å². The van der Waals surface area contributed by atoms with Gasteiger partial charge in [0, 0.05) is 30.7 Å². The number of hydrogen-bond acceptors (Lipinski definition) is 2. The number of likely N-dealkylation sites (tertiary alicyclic amines) is 1. The first-order chi connectivity index (χ1) is 12.7. The van der Waals surface area contributed by atoms with E-state index in [0.29, 0.717) is 11.8 Å². The topological polar surface area (TPSA) is 18.5 Å². The zero-order valence-electron chi connectivity index (χ0n) is 16.7. The van der Waals surface area contributed by atoms with Crippen molar-refractivity contribution < 1.29 is 9.47 Å². The molecule has 2 rings (SSSR count). The van der Waals surface area contributed by atoms with Gasteiger partial charge in [0.25, 0.3) is 0 Å². The van der Waals surface area contributed by atoms with Gasteiger partial charge in [0.1, 0.15) is 23.2 Å². The smallest absolute Gasteiger partial charge is 0.133 e. The third-order valence-corrected chi connectivity index (χ3v) is 5.55. The second kappa shape index (κ2) is 10.3. The van der Waals surface area contributed by atoms with Crippen LogP contribution in [0.15, 0.2) is 54.5 Å². The Bertz CT molecular complexity index is 618. The minimum absolute atomic E-state index is 0.391. The van der Waals surface area contributed by atoms with E-state index in [2.05, 4.69) is 49.6 Å². The van der Waals surface area contributed by atoms with Gasteiger partial charge in [0.2, 0.25) is 0 Å². The SMILES string of the molecule is C=C(C=C=CC(CC)[N+]1(c2ccc(OC)cc2)CCCCCCC1)OC. The monoisotopic (exact) mass is 356 g/mol. The van der Waals surface area contributed by atoms with Gasteiger partial charge in [-0.2, -0.15) is 0 Å². The fourth-order valence-corrected chi connectivity index (χ4v) is 4.01. The van der Waals surface area contributed by atoms with E-state index in [0.717, 1.165) is 16.7 Å². The summed E-state index contributed by atoms with van der Waals surface area (Å²) in [6.07, 6.45) is 11.7. The largest absolute Gasteiger partial charge is 0.497 e. The zero-order valence-corrected chi connectivity index (χ0v) is 16.7. The number of allylic oxidation sites excluding steroid dienone is 1. The maximum Gasteiger partial charge on any atom is 0.133 e. The molecule has 0 spiro atoms. The Kier molecular flexibility index (Phi) is 8.03. The lowest BCUT2D eigenvalue weighted by Gasteiger charge is -2.44. The molecule has 1 aliphatic heterocycles. The number of nitrogens with zero attached hydrogens (tertiary/aromatic N) is 1. The summed E-state index contributed by atoms with van der Waals surface area (Å²) < 4.78 is 11.5. The summed E-state index contributed by atoms with van der Waals surface area (Å²) in [5.41, 5.74) is 4.70. The normalized spacial score (nSPS) is 17.8. The van der Waals surface area contributed by atoms with Crippen LogP contribution in [0.4, 0.5) is 5.69 Å². The fourth-order valence-electron chi connectivity index (χ4n) is 4.01. The van der Waals surface area contributed by atoms with E-state index >= 15 is 0 Å². The lowest BCUT2D eigenvalue weighted by Crippen LogP contribution is -2.57. The molecule has 1 heterocycles. The van der Waals surface area contributed by atoms with Crippen LogP contribution in [-0.2, 0) is 4.74 Å². The number of ether oxygens (including phenoxy) is 2. The van der Waals surface area contributed by atoms with E-state index in [1.54, 1.807) is 14.2 Å². The maximum atomic E-state index is 5.37. The van der Waals surface area contributed by atoms with Gasteiger partial charge in [0.05, 0.1) is 27.3 Å². The molecular weight excluding hydrogens is 322 g/mol. The summed E-state index contributed by atoms with van der Waals surface area (Å²) in [5, 5.41) is 0. The quantitative estimate of drug-likeness (QED) is 0.273. The van der Waals surface area contributed by atoms with Gasteiger partial charge >= 0.3 is 0 Å². The molecule has 142 valence electrons. The lowest BCUT2D eigenvalue weighted by atomic mass is 9.99. The highest BCUT2D eigenvalue weighted by Crippen LogP contribution is 2.33. The molecule has 1 unspecified atom stereocenters. The predicted octanol–water partition coefficient (Wildman–Crippen LogP) is 5.62. The van der Waals surface area contributed by atoms with Crippen LogP contribution in [0, 0.1) is 0 Å². The van der Waals surface area contributed by atoms with Crippen LogP contribution < -0.4 is 9.22 Å². The first kappa shape index (κ1) is 20.4. The van der Waals surface area contributed by atoms with Crippen molar-refractivity contribution in [3.63, 3.8) is 0 Å². The van der Waals surface area contributed by atoms with Gasteiger partial charge in [-0.15, -0.1) is 5.73 Å². The lowest BCUT2D eigenvalue weighted by molar-refractivity contribution is 0.205. The Morgan fingerprint density at radius 3 is 2.27 bits per heavy atom. The molecule has 0 amide bonds. The van der Waals surface area contributed by atoms with Crippen molar-refractivity contribution in [2.75, 3.05) is 27.3 Å². The van der Waals surface area contributed by atoms with Crippen LogP contribution in [0.3, 0.4) is 0 Å². The summed E-state index contributed by atoms with van der Waals surface area (Å²) in [6.45, 7) is 8.47. The Morgan fingerprint density at radius 2 is 1.73 bits per heavy atom. The summed E-state index contributed by atoms with van der Waals surface area (Å²) in [7, 11) is 3.36. The van der Waals surface area contributed by atoms with E-state index in [-0.39, 0.29) is 0 Å². The number of hydrogen-bond donors (Lipinski definition) is 0. The second-order valence-electron chi connectivity index (χ2n) is 7.07. The number of rotatable bonds is 7. The Hall–Kier alpha value is -1.96. The Morgan fingerprint density at radius 1 is 1.12 bits per heavy atom. The van der Waals surface area contributed by atoms with Crippen LogP contribution in [0.5, 0.6) is 5.75 Å². The minimum atomic E-state index is 0.391. The predicted molar refractivity (Wildman–Crippen MR) is 110 cm³/mol. The van der Waals surface area contributed by atoms with Crippen molar-refractivity contribution in [1.29, 1.82) is 0 Å². The molecule has 1 saturated heterocycles. The summed E-state index contributed by atoms with van der Waals surface area (Å²) in [4.78, 5) is 0. The fraction of sp³-hybridized carbons (Fsp3) is 0.522. The molecule has 0 N–H and O–H groups in total. The van der Waals surface area contributed by atoms with Crippen molar-refractivity contribution in [2.24, 2.45) is 0 Å². The van der Waals surface area contributed by atoms with Gasteiger partial charge in [-0.3, -0.25) is 4.48 Å². The highest BCUT2D eigenvalue weighted by molar-refractivity contribution is 5.48. The zero-order chi connectivity index (χ0) is 18.8. The third-order valence-electron chi connectivity index (χ3n) is 5.55. The standard InChI is InChI=1S/C23H34NO2/c1-5-21(13-11-12-20(2)25-3)24(18-9-7-6-8-10-19-24)22-14-16-23(26-4)17-15-22/h12-17,21H,2,5-10,18-19H2,1,3-4H3/q+1. The van der Waals surface area contributed by atoms with Gasteiger partial charge in [-0.05, 0) is 37.8 Å². The highest BCUT2D eigenvalue weighted by atomic mass is 16.5. The second-order valence-corrected chi connectivity index (χ2v) is 7.07. The van der Waals surface area contributed by atoms with Gasteiger partial charge in [-0.25, -0.2) is 0 Å². The van der Waals surface area contributed by atoms with Crippen LogP contribution in [0.1, 0.15) is 45.4 Å². The van der Waals surface area contributed by atoms with Gasteiger partial charge < -0.3 is 9.47 Å². The molecule has 0 aromatic heterocycles. The average Bonchev–Trinajstić information content (AvgIpc) is 2.66. The Labute approximate surface area is 159 Å². The average molecular weight is 357 g/mol. The maximum absolute atomic E-state index is 5.37. The van der Waals surface area contributed by atoms with Crippen LogP contribution in [0.25, 0.3) is 0 Å². The summed E-state index contributed by atoms with van der Waals surface area (Å²) in [5.74, 6) is 1.55. The molecule has 3 heteroatoms. The minimum Gasteiger partial charge on any atom is -0.497 e. The molecule has 26 heavy (non-hydrogen) atoms. The molecule has 1 atom stereocenters. The first-order valence-corrected chi connectivity index (χ1v) is 9.83. The van der Waals surface area contributed by atoms with Gasteiger partial charge in [0.15, 0.2) is 0 Å². The summed E-state index contributed by atoms with van der Waals surface area (Å²) in [6, 6.07) is 9.06. The van der Waals surface area contributed by atoms with Crippen molar-refractivity contribution in [1.82, 2.24) is 4.48 Å². The summed E-state index contributed by atoms with van der Waals surface area (Å²) >= 11 is 0. The highest BCUT2D eigenvalue weighted by Gasteiger charge is 2.36. The molecule has 0 radical (unpaired) electrons. The van der Waals surface area contributed by atoms with E-state index in [9.17, 15) is 0 Å². The molecule has 0 aliphatic carbocycles. The van der Waals surface area contributed by atoms with Crippen LogP contribution >= 0.6 is 0 Å². The molecule has 1 fully saturated rings.